The highest BCUT2D eigenvalue weighted by atomic mass is 16.5. The number of hydrogen-bond donors (Lipinski definition) is 2. The third-order valence-electron chi connectivity index (χ3n) is 3.61. The molecule has 0 fully saturated rings. The second-order valence-electron chi connectivity index (χ2n) is 5.33. The van der Waals surface area contributed by atoms with Crippen molar-refractivity contribution < 1.29 is 14.6 Å². The molecule has 0 aromatic heterocycles. The average Bonchev–Trinajstić information content (AvgIpc) is 2.60. The molecule has 5 nitrogen and oxygen atoms in total. The van der Waals surface area contributed by atoms with Crippen molar-refractivity contribution in [2.45, 2.75) is 25.9 Å². The standard InChI is InChI=1S/C15H22N2O3/c1-3-16-15(2,14(18)19)11-17-8-9-20-13-7-5-4-6-12(13)10-17/h4-7,16H,3,8-11H2,1-2H3,(H,18,19). The fourth-order valence-electron chi connectivity index (χ4n) is 2.55. The van der Waals surface area contributed by atoms with Gasteiger partial charge in [0, 0.05) is 25.2 Å². The zero-order valence-corrected chi connectivity index (χ0v) is 12.1. The lowest BCUT2D eigenvalue weighted by Gasteiger charge is -2.32. The summed E-state index contributed by atoms with van der Waals surface area (Å²) in [6, 6.07) is 7.92. The smallest absolute Gasteiger partial charge is 0.324 e. The molecule has 5 heteroatoms. The van der Waals surface area contributed by atoms with Gasteiger partial charge in [-0.15, -0.1) is 0 Å². The maximum atomic E-state index is 11.5. The number of carboxylic acid groups (broad SMARTS) is 1. The Morgan fingerprint density at radius 1 is 1.50 bits per heavy atom. The van der Waals surface area contributed by atoms with Crippen LogP contribution in [0.2, 0.25) is 0 Å². The third kappa shape index (κ3) is 3.29. The van der Waals surface area contributed by atoms with Gasteiger partial charge in [0.05, 0.1) is 0 Å². The van der Waals surface area contributed by atoms with E-state index in [4.69, 9.17) is 4.74 Å². The molecule has 1 heterocycles. The van der Waals surface area contributed by atoms with Crippen LogP contribution in [0, 0.1) is 0 Å². The molecule has 0 aliphatic carbocycles. The van der Waals surface area contributed by atoms with Crippen molar-refractivity contribution in [3.8, 4) is 5.75 Å². The lowest BCUT2D eigenvalue weighted by Crippen LogP contribution is -2.57. The first-order chi connectivity index (χ1) is 9.55. The Kier molecular flexibility index (Phi) is 4.62. The van der Waals surface area contributed by atoms with E-state index in [0.29, 0.717) is 26.2 Å². The number of para-hydroxylation sites is 1. The SMILES string of the molecule is CCNC(C)(CN1CCOc2ccccc2C1)C(=O)O. The van der Waals surface area contributed by atoms with Gasteiger partial charge in [-0.1, -0.05) is 25.1 Å². The summed E-state index contributed by atoms with van der Waals surface area (Å²) in [5.41, 5.74) is 0.169. The molecule has 0 radical (unpaired) electrons. The normalized spacial score (nSPS) is 18.5. The Bertz CT molecular complexity index is 478. The van der Waals surface area contributed by atoms with Crippen LogP contribution in [0.4, 0.5) is 0 Å². The Morgan fingerprint density at radius 2 is 2.25 bits per heavy atom. The highest BCUT2D eigenvalue weighted by Gasteiger charge is 2.34. The van der Waals surface area contributed by atoms with Gasteiger partial charge in [0.2, 0.25) is 0 Å². The van der Waals surface area contributed by atoms with Gasteiger partial charge in [-0.05, 0) is 19.5 Å². The van der Waals surface area contributed by atoms with Crippen LogP contribution >= 0.6 is 0 Å². The van der Waals surface area contributed by atoms with Crippen molar-refractivity contribution in [2.24, 2.45) is 0 Å². The number of carboxylic acids is 1. The van der Waals surface area contributed by atoms with Gasteiger partial charge >= 0.3 is 5.97 Å². The number of fused-ring (bicyclic) bond motifs is 1. The molecule has 1 atom stereocenters. The number of benzene rings is 1. The van der Waals surface area contributed by atoms with Gasteiger partial charge in [-0.25, -0.2) is 0 Å². The van der Waals surface area contributed by atoms with Crippen LogP contribution in [0.5, 0.6) is 5.75 Å². The van der Waals surface area contributed by atoms with E-state index in [1.54, 1.807) is 6.92 Å². The summed E-state index contributed by atoms with van der Waals surface area (Å²) in [7, 11) is 0. The van der Waals surface area contributed by atoms with Gasteiger partial charge in [0.15, 0.2) is 0 Å². The van der Waals surface area contributed by atoms with Crippen molar-refractivity contribution in [1.29, 1.82) is 0 Å². The zero-order valence-electron chi connectivity index (χ0n) is 12.1. The van der Waals surface area contributed by atoms with Gasteiger partial charge < -0.3 is 15.2 Å². The van der Waals surface area contributed by atoms with E-state index in [0.717, 1.165) is 17.9 Å². The number of likely N-dealkylation sites (N-methyl/N-ethyl adjacent to an activating group) is 1. The highest BCUT2D eigenvalue weighted by Crippen LogP contribution is 2.23. The molecule has 2 rings (SSSR count). The number of rotatable bonds is 5. The first-order valence-corrected chi connectivity index (χ1v) is 6.96. The summed E-state index contributed by atoms with van der Waals surface area (Å²) in [5.74, 6) is 0.0771. The van der Waals surface area contributed by atoms with Gasteiger partial charge in [0.1, 0.15) is 17.9 Å². The molecule has 0 spiro atoms. The van der Waals surface area contributed by atoms with E-state index in [1.807, 2.05) is 31.2 Å². The number of carbonyl (C=O) groups is 1. The van der Waals surface area contributed by atoms with Crippen LogP contribution in [0.25, 0.3) is 0 Å². The summed E-state index contributed by atoms with van der Waals surface area (Å²) in [6.07, 6.45) is 0. The predicted molar refractivity (Wildman–Crippen MR) is 76.9 cm³/mol. The van der Waals surface area contributed by atoms with Crippen molar-refractivity contribution in [3.05, 3.63) is 29.8 Å². The molecular formula is C15H22N2O3. The first kappa shape index (κ1) is 14.8. The summed E-state index contributed by atoms with van der Waals surface area (Å²) in [4.78, 5) is 13.6. The minimum Gasteiger partial charge on any atom is -0.492 e. The quantitative estimate of drug-likeness (QED) is 0.851. The monoisotopic (exact) mass is 278 g/mol. The summed E-state index contributed by atoms with van der Waals surface area (Å²) in [6.45, 7) is 6.75. The van der Waals surface area contributed by atoms with E-state index >= 15 is 0 Å². The number of aliphatic carboxylic acids is 1. The molecular weight excluding hydrogens is 256 g/mol. The first-order valence-electron chi connectivity index (χ1n) is 6.96. The molecule has 0 saturated carbocycles. The molecule has 1 aliphatic heterocycles. The minimum absolute atomic E-state index is 0.452. The summed E-state index contributed by atoms with van der Waals surface area (Å²) in [5, 5.41) is 12.5. The lowest BCUT2D eigenvalue weighted by atomic mass is 10.0. The molecule has 1 unspecified atom stereocenters. The Balaban J connectivity index is 2.12. The number of nitrogens with zero attached hydrogens (tertiary/aromatic N) is 1. The molecule has 0 saturated heterocycles. The minimum atomic E-state index is -0.936. The highest BCUT2D eigenvalue weighted by molar-refractivity contribution is 5.78. The second kappa shape index (κ2) is 6.24. The second-order valence-corrected chi connectivity index (χ2v) is 5.33. The van der Waals surface area contributed by atoms with Crippen LogP contribution in [0.3, 0.4) is 0 Å². The molecule has 110 valence electrons. The Morgan fingerprint density at radius 3 is 2.95 bits per heavy atom. The van der Waals surface area contributed by atoms with Crippen molar-refractivity contribution in [3.63, 3.8) is 0 Å². The van der Waals surface area contributed by atoms with E-state index in [1.165, 1.54) is 0 Å². The average molecular weight is 278 g/mol. The lowest BCUT2D eigenvalue weighted by molar-refractivity contribution is -0.145. The third-order valence-corrected chi connectivity index (χ3v) is 3.61. The summed E-state index contributed by atoms with van der Waals surface area (Å²) < 4.78 is 5.70. The van der Waals surface area contributed by atoms with E-state index in [9.17, 15) is 9.90 Å². The molecule has 0 amide bonds. The number of hydrogen-bond acceptors (Lipinski definition) is 4. The predicted octanol–water partition coefficient (Wildman–Crippen LogP) is 1.33. The van der Waals surface area contributed by atoms with Gasteiger partial charge in [0.25, 0.3) is 0 Å². The zero-order chi connectivity index (χ0) is 14.6. The molecule has 1 aromatic carbocycles. The number of nitrogens with one attached hydrogen (secondary N) is 1. The molecule has 1 aliphatic rings. The van der Waals surface area contributed by atoms with E-state index in [-0.39, 0.29) is 0 Å². The van der Waals surface area contributed by atoms with Gasteiger partial charge in [-0.2, -0.15) is 0 Å². The molecule has 20 heavy (non-hydrogen) atoms. The van der Waals surface area contributed by atoms with Crippen LogP contribution in [-0.4, -0.2) is 47.8 Å². The fourth-order valence-corrected chi connectivity index (χ4v) is 2.55. The topological polar surface area (TPSA) is 61.8 Å². The van der Waals surface area contributed by atoms with Crippen molar-refractivity contribution in [1.82, 2.24) is 10.2 Å². The molecule has 0 bridgehead atoms. The van der Waals surface area contributed by atoms with Crippen LogP contribution in [0.15, 0.2) is 24.3 Å². The summed E-state index contributed by atoms with van der Waals surface area (Å²) >= 11 is 0. The van der Waals surface area contributed by atoms with E-state index in [2.05, 4.69) is 10.2 Å². The molecule has 1 aromatic rings. The maximum absolute atomic E-state index is 11.5. The van der Waals surface area contributed by atoms with Crippen LogP contribution in [0.1, 0.15) is 19.4 Å². The van der Waals surface area contributed by atoms with E-state index < -0.39 is 11.5 Å². The number of ether oxygens (including phenoxy) is 1. The van der Waals surface area contributed by atoms with Crippen LogP contribution < -0.4 is 10.1 Å². The van der Waals surface area contributed by atoms with Crippen molar-refractivity contribution in [2.75, 3.05) is 26.2 Å². The Hall–Kier alpha value is -1.59. The fraction of sp³-hybridized carbons (Fsp3) is 0.533. The van der Waals surface area contributed by atoms with Gasteiger partial charge in [-0.3, -0.25) is 9.69 Å². The maximum Gasteiger partial charge on any atom is 0.324 e. The molecule has 2 N–H and O–H groups in total. The van der Waals surface area contributed by atoms with Crippen LogP contribution in [-0.2, 0) is 11.3 Å². The van der Waals surface area contributed by atoms with Crippen molar-refractivity contribution >= 4 is 5.97 Å². The Labute approximate surface area is 119 Å². The largest absolute Gasteiger partial charge is 0.492 e.